The second-order valence-corrected chi connectivity index (χ2v) is 10.3. The molecule has 3 aromatic rings. The molecule has 0 bridgehead atoms. The Kier molecular flexibility index (Phi) is 9.06. The Morgan fingerprint density at radius 2 is 1.87 bits per heavy atom. The van der Waals surface area contributed by atoms with Crippen molar-refractivity contribution in [3.8, 4) is 11.4 Å². The number of carbonyl (C=O) groups excluding carboxylic acids is 2. The van der Waals surface area contributed by atoms with Crippen molar-refractivity contribution in [1.29, 1.82) is 0 Å². The lowest BCUT2D eigenvalue weighted by molar-refractivity contribution is 0.0952. The highest BCUT2D eigenvalue weighted by molar-refractivity contribution is 5.98. The first-order valence-corrected chi connectivity index (χ1v) is 13.2. The number of unbranched alkanes of at least 4 members (excludes halogenated alkanes) is 1. The summed E-state index contributed by atoms with van der Waals surface area (Å²) in [5.74, 6) is 0.900. The van der Waals surface area contributed by atoms with Gasteiger partial charge in [-0.2, -0.15) is 0 Å². The van der Waals surface area contributed by atoms with E-state index in [1.165, 1.54) is 21.4 Å². The van der Waals surface area contributed by atoms with E-state index in [0.29, 0.717) is 41.6 Å². The molecule has 0 unspecified atom stereocenters. The van der Waals surface area contributed by atoms with Crippen molar-refractivity contribution >= 4 is 17.6 Å². The van der Waals surface area contributed by atoms with Gasteiger partial charge in [-0.15, -0.1) is 5.10 Å². The van der Waals surface area contributed by atoms with Crippen molar-refractivity contribution in [2.24, 2.45) is 13.0 Å². The zero-order valence-electron chi connectivity index (χ0n) is 22.8. The molecule has 1 aliphatic carbocycles. The van der Waals surface area contributed by atoms with Crippen LogP contribution in [0.2, 0.25) is 0 Å². The van der Waals surface area contributed by atoms with Crippen molar-refractivity contribution in [2.75, 3.05) is 32.0 Å². The lowest BCUT2D eigenvalue weighted by Crippen LogP contribution is -2.30. The second kappa shape index (κ2) is 12.6. The molecule has 3 amide bonds. The number of nitrogens with zero attached hydrogens (tertiary/aromatic N) is 5. The van der Waals surface area contributed by atoms with E-state index in [9.17, 15) is 9.59 Å². The Morgan fingerprint density at radius 1 is 1.05 bits per heavy atom. The number of tetrazole rings is 1. The van der Waals surface area contributed by atoms with Gasteiger partial charge >= 0.3 is 6.03 Å². The van der Waals surface area contributed by atoms with E-state index in [2.05, 4.69) is 75.5 Å². The third-order valence-electron chi connectivity index (χ3n) is 6.86. The summed E-state index contributed by atoms with van der Waals surface area (Å²) in [6.45, 7) is 7.35. The molecule has 1 fully saturated rings. The molecule has 1 saturated carbocycles. The Bertz CT molecular complexity index is 1270. The average Bonchev–Trinajstić information content (AvgIpc) is 3.62. The first kappa shape index (κ1) is 27.3. The van der Waals surface area contributed by atoms with Crippen molar-refractivity contribution in [1.82, 2.24) is 35.7 Å². The van der Waals surface area contributed by atoms with Gasteiger partial charge in [-0.1, -0.05) is 18.2 Å². The van der Waals surface area contributed by atoms with Gasteiger partial charge in [0.05, 0.1) is 0 Å². The SMILES string of the molecule is Cc1ccc(CN(C)CCCCNC(=O)Nc2cc(C(=O)NCC3CC3)cc(-c3nnnn3C)c2)cc1C. The van der Waals surface area contributed by atoms with Crippen molar-refractivity contribution < 1.29 is 9.59 Å². The Morgan fingerprint density at radius 3 is 2.58 bits per heavy atom. The third kappa shape index (κ3) is 7.85. The molecule has 1 heterocycles. The Hall–Kier alpha value is -3.79. The van der Waals surface area contributed by atoms with Gasteiger partial charge in [0, 0.05) is 43.5 Å². The number of aryl methyl sites for hydroxylation is 3. The molecular formula is C28H38N8O2. The molecule has 0 aliphatic heterocycles. The van der Waals surface area contributed by atoms with Gasteiger partial charge in [0.2, 0.25) is 0 Å². The largest absolute Gasteiger partial charge is 0.352 e. The van der Waals surface area contributed by atoms with E-state index in [1.807, 2.05) is 0 Å². The molecule has 1 aliphatic rings. The minimum absolute atomic E-state index is 0.178. The summed E-state index contributed by atoms with van der Waals surface area (Å²) in [6, 6.07) is 11.5. The number of rotatable bonds is 12. The van der Waals surface area contributed by atoms with E-state index < -0.39 is 0 Å². The summed E-state index contributed by atoms with van der Waals surface area (Å²) in [7, 11) is 3.85. The van der Waals surface area contributed by atoms with Crippen LogP contribution in [0.25, 0.3) is 11.4 Å². The van der Waals surface area contributed by atoms with Gasteiger partial charge in [0.15, 0.2) is 5.82 Å². The lowest BCUT2D eigenvalue weighted by atomic mass is 10.1. The number of hydrogen-bond acceptors (Lipinski definition) is 6. The van der Waals surface area contributed by atoms with E-state index in [0.717, 1.165) is 38.8 Å². The Balaban J connectivity index is 1.26. The van der Waals surface area contributed by atoms with Crippen LogP contribution in [0.3, 0.4) is 0 Å². The maximum Gasteiger partial charge on any atom is 0.319 e. The Labute approximate surface area is 224 Å². The number of nitrogens with one attached hydrogen (secondary N) is 3. The fraction of sp³-hybridized carbons (Fsp3) is 0.464. The quantitative estimate of drug-likeness (QED) is 0.315. The number of benzene rings is 2. The highest BCUT2D eigenvalue weighted by atomic mass is 16.2. The summed E-state index contributed by atoms with van der Waals surface area (Å²) in [4.78, 5) is 27.7. The van der Waals surface area contributed by atoms with Crippen LogP contribution in [-0.2, 0) is 13.6 Å². The van der Waals surface area contributed by atoms with Crippen molar-refractivity contribution in [3.05, 3.63) is 58.7 Å². The topological polar surface area (TPSA) is 117 Å². The molecule has 1 aromatic heterocycles. The minimum Gasteiger partial charge on any atom is -0.352 e. The van der Waals surface area contributed by atoms with E-state index in [1.54, 1.807) is 25.2 Å². The number of anilines is 1. The number of hydrogen-bond donors (Lipinski definition) is 3. The van der Waals surface area contributed by atoms with Crippen LogP contribution >= 0.6 is 0 Å². The molecule has 2 aromatic carbocycles. The molecule has 202 valence electrons. The highest BCUT2D eigenvalue weighted by Gasteiger charge is 2.22. The highest BCUT2D eigenvalue weighted by Crippen LogP contribution is 2.28. The molecule has 0 atom stereocenters. The smallest absolute Gasteiger partial charge is 0.319 e. The molecule has 3 N–H and O–H groups in total. The van der Waals surface area contributed by atoms with Crippen LogP contribution < -0.4 is 16.0 Å². The first-order chi connectivity index (χ1) is 18.3. The number of aromatic nitrogens is 4. The van der Waals surface area contributed by atoms with Gasteiger partial charge in [0.1, 0.15) is 0 Å². The fourth-order valence-electron chi connectivity index (χ4n) is 4.27. The van der Waals surface area contributed by atoms with Gasteiger partial charge < -0.3 is 20.9 Å². The number of amides is 3. The third-order valence-corrected chi connectivity index (χ3v) is 6.86. The monoisotopic (exact) mass is 518 g/mol. The van der Waals surface area contributed by atoms with Crippen molar-refractivity contribution in [3.63, 3.8) is 0 Å². The van der Waals surface area contributed by atoms with Gasteiger partial charge in [-0.3, -0.25) is 4.79 Å². The normalized spacial score (nSPS) is 13.0. The van der Waals surface area contributed by atoms with Crippen LogP contribution in [0.5, 0.6) is 0 Å². The standard InChI is InChI=1S/C28H38N8O2/c1-19-7-8-22(13-20(19)2)18-35(3)12-6-5-11-29-28(38)31-25-15-23(26-32-33-34-36(26)4)14-24(16-25)27(37)30-17-21-9-10-21/h7-8,13-16,21H,5-6,9-12,17-18H2,1-4H3,(H,30,37)(H2,29,31,38). The molecule has 0 spiro atoms. The predicted molar refractivity (Wildman–Crippen MR) is 148 cm³/mol. The zero-order valence-corrected chi connectivity index (χ0v) is 22.8. The fourth-order valence-corrected chi connectivity index (χ4v) is 4.27. The van der Waals surface area contributed by atoms with Gasteiger partial charge in [0.25, 0.3) is 5.91 Å². The molecule has 38 heavy (non-hydrogen) atoms. The van der Waals surface area contributed by atoms with E-state index >= 15 is 0 Å². The summed E-state index contributed by atoms with van der Waals surface area (Å²) in [5, 5.41) is 20.4. The van der Waals surface area contributed by atoms with Gasteiger partial charge in [-0.25, -0.2) is 9.48 Å². The summed E-state index contributed by atoms with van der Waals surface area (Å²) in [5.41, 5.74) is 5.55. The number of urea groups is 1. The molecular weight excluding hydrogens is 480 g/mol. The van der Waals surface area contributed by atoms with Crippen LogP contribution in [0.15, 0.2) is 36.4 Å². The minimum atomic E-state index is -0.314. The van der Waals surface area contributed by atoms with Crippen LogP contribution in [0.1, 0.15) is 52.7 Å². The van der Waals surface area contributed by atoms with E-state index in [4.69, 9.17) is 0 Å². The predicted octanol–water partition coefficient (Wildman–Crippen LogP) is 3.67. The second-order valence-electron chi connectivity index (χ2n) is 10.3. The average molecular weight is 519 g/mol. The zero-order chi connectivity index (χ0) is 27.1. The maximum absolute atomic E-state index is 12.8. The molecule has 4 rings (SSSR count). The van der Waals surface area contributed by atoms with Crippen LogP contribution in [-0.4, -0.2) is 63.7 Å². The lowest BCUT2D eigenvalue weighted by Gasteiger charge is -2.17. The van der Waals surface area contributed by atoms with Crippen LogP contribution in [0.4, 0.5) is 10.5 Å². The molecule has 10 nitrogen and oxygen atoms in total. The first-order valence-electron chi connectivity index (χ1n) is 13.2. The maximum atomic E-state index is 12.8. The molecule has 0 radical (unpaired) electrons. The van der Waals surface area contributed by atoms with Crippen molar-refractivity contribution in [2.45, 2.75) is 46.1 Å². The summed E-state index contributed by atoms with van der Waals surface area (Å²) >= 11 is 0. The summed E-state index contributed by atoms with van der Waals surface area (Å²) in [6.07, 6.45) is 4.15. The molecule has 10 heteroatoms. The van der Waals surface area contributed by atoms with Crippen LogP contribution in [0, 0.1) is 19.8 Å². The van der Waals surface area contributed by atoms with Gasteiger partial charge in [-0.05, 0) is 104 Å². The van der Waals surface area contributed by atoms with E-state index in [-0.39, 0.29) is 11.9 Å². The summed E-state index contributed by atoms with van der Waals surface area (Å²) < 4.78 is 1.53. The molecule has 0 saturated heterocycles. The number of carbonyl (C=O) groups is 2.